The number of aryl methyl sites for hydroxylation is 2. The highest BCUT2D eigenvalue weighted by Gasteiger charge is 2.26. The molecular weight excluding hydrogens is 408 g/mol. The van der Waals surface area contributed by atoms with Crippen LogP contribution in [0.15, 0.2) is 54.2 Å². The molecule has 0 bridgehead atoms. The lowest BCUT2D eigenvalue weighted by Gasteiger charge is -2.37. The van der Waals surface area contributed by atoms with Gasteiger partial charge < -0.3 is 14.7 Å². The van der Waals surface area contributed by atoms with E-state index in [1.807, 2.05) is 18.2 Å². The fourth-order valence-electron chi connectivity index (χ4n) is 4.37. The lowest BCUT2D eigenvalue weighted by molar-refractivity contribution is -0.114. The first-order valence-corrected chi connectivity index (χ1v) is 10.7. The predicted octanol–water partition coefficient (Wildman–Crippen LogP) is 4.23. The van der Waals surface area contributed by atoms with Gasteiger partial charge in [0.05, 0.1) is 0 Å². The van der Waals surface area contributed by atoms with Crippen molar-refractivity contribution in [2.24, 2.45) is 0 Å². The number of para-hydroxylation sites is 1. The van der Waals surface area contributed by atoms with Gasteiger partial charge in [-0.25, -0.2) is 0 Å². The Morgan fingerprint density at radius 2 is 1.68 bits per heavy atom. The minimum atomic E-state index is -0.193. The number of piperazine rings is 1. The Kier molecular flexibility index (Phi) is 7.25. The van der Waals surface area contributed by atoms with Gasteiger partial charge in [0.15, 0.2) is 0 Å². The Balaban J connectivity index is 0.00000272. The predicted molar refractivity (Wildman–Crippen MR) is 128 cm³/mol. The van der Waals surface area contributed by atoms with Crippen molar-refractivity contribution in [1.82, 2.24) is 4.90 Å². The number of rotatable bonds is 3. The number of benzene rings is 2. The number of nitriles is 1. The summed E-state index contributed by atoms with van der Waals surface area (Å²) in [4.78, 5) is 19.4. The van der Waals surface area contributed by atoms with Crippen LogP contribution in [-0.4, -0.2) is 43.5 Å². The smallest absolute Gasteiger partial charge is 0.270 e. The Bertz CT molecular complexity index is 1020. The molecule has 0 atom stereocenters. The summed E-state index contributed by atoms with van der Waals surface area (Å²) in [5, 5.41) is 9.70. The number of fused-ring (bicyclic) bond motifs is 1. The number of hydrogen-bond acceptors (Lipinski definition) is 4. The van der Waals surface area contributed by atoms with Crippen LogP contribution in [0.2, 0.25) is 0 Å². The maximum atomic E-state index is 13.1. The largest absolute Gasteiger partial charge is 0.373 e. The van der Waals surface area contributed by atoms with E-state index in [2.05, 4.69) is 54.0 Å². The molecule has 5 nitrogen and oxygen atoms in total. The van der Waals surface area contributed by atoms with Crippen LogP contribution >= 0.6 is 12.4 Å². The number of carbonyl (C=O) groups is 1. The Morgan fingerprint density at radius 3 is 2.42 bits per heavy atom. The Morgan fingerprint density at radius 1 is 0.968 bits per heavy atom. The molecule has 2 aliphatic rings. The van der Waals surface area contributed by atoms with E-state index in [0.717, 1.165) is 44.7 Å². The summed E-state index contributed by atoms with van der Waals surface area (Å²) >= 11 is 0. The van der Waals surface area contributed by atoms with Crippen LogP contribution in [0.4, 0.5) is 11.4 Å². The van der Waals surface area contributed by atoms with E-state index in [1.165, 1.54) is 22.4 Å². The first kappa shape index (κ1) is 22.7. The van der Waals surface area contributed by atoms with Crippen molar-refractivity contribution >= 4 is 29.7 Å². The van der Waals surface area contributed by atoms with Crippen LogP contribution in [0.25, 0.3) is 0 Å². The summed E-state index contributed by atoms with van der Waals surface area (Å²) in [6.45, 7) is 8.31. The van der Waals surface area contributed by atoms with Gasteiger partial charge in [0.25, 0.3) is 5.91 Å². The van der Waals surface area contributed by atoms with Crippen molar-refractivity contribution in [3.63, 3.8) is 0 Å². The molecule has 0 spiro atoms. The van der Waals surface area contributed by atoms with Gasteiger partial charge >= 0.3 is 0 Å². The van der Waals surface area contributed by atoms with E-state index in [0.29, 0.717) is 6.54 Å². The lowest BCUT2D eigenvalue weighted by Crippen LogP contribution is -2.45. The molecule has 2 heterocycles. The molecule has 1 amide bonds. The van der Waals surface area contributed by atoms with Gasteiger partial charge in [0, 0.05) is 50.3 Å². The average molecular weight is 437 g/mol. The molecule has 0 aromatic heterocycles. The summed E-state index contributed by atoms with van der Waals surface area (Å²) in [5.74, 6) is -0.193. The highest BCUT2D eigenvalue weighted by Crippen LogP contribution is 2.28. The fourth-order valence-corrected chi connectivity index (χ4v) is 4.37. The average Bonchev–Trinajstić information content (AvgIpc) is 2.79. The zero-order chi connectivity index (χ0) is 21.1. The Labute approximate surface area is 191 Å². The van der Waals surface area contributed by atoms with Gasteiger partial charge in [-0.1, -0.05) is 30.3 Å². The monoisotopic (exact) mass is 436 g/mol. The first-order valence-electron chi connectivity index (χ1n) is 10.7. The van der Waals surface area contributed by atoms with E-state index in [1.54, 1.807) is 11.1 Å². The van der Waals surface area contributed by atoms with Gasteiger partial charge in [-0.15, -0.1) is 12.4 Å². The van der Waals surface area contributed by atoms with E-state index >= 15 is 0 Å². The Hall–Kier alpha value is -2.97. The highest BCUT2D eigenvalue weighted by molar-refractivity contribution is 6.08. The minimum absolute atomic E-state index is 0. The van der Waals surface area contributed by atoms with Crippen molar-refractivity contribution in [1.29, 1.82) is 5.26 Å². The van der Waals surface area contributed by atoms with E-state index in [-0.39, 0.29) is 23.9 Å². The molecule has 4 rings (SSSR count). The van der Waals surface area contributed by atoms with E-state index < -0.39 is 0 Å². The zero-order valence-corrected chi connectivity index (χ0v) is 19.0. The van der Waals surface area contributed by atoms with Crippen LogP contribution in [0.1, 0.15) is 23.1 Å². The second-order valence-corrected chi connectivity index (χ2v) is 8.09. The second kappa shape index (κ2) is 9.89. The summed E-state index contributed by atoms with van der Waals surface area (Å²) in [6, 6.07) is 16.6. The van der Waals surface area contributed by atoms with Crippen molar-refractivity contribution in [3.05, 3.63) is 70.9 Å². The van der Waals surface area contributed by atoms with Crippen LogP contribution in [0.5, 0.6) is 0 Å². The molecule has 31 heavy (non-hydrogen) atoms. The van der Waals surface area contributed by atoms with Crippen LogP contribution in [0, 0.1) is 25.2 Å². The summed E-state index contributed by atoms with van der Waals surface area (Å²) < 4.78 is 0. The maximum absolute atomic E-state index is 13.1. The molecule has 0 radical (unpaired) electrons. The fraction of sp³-hybridized carbons (Fsp3) is 0.360. The summed E-state index contributed by atoms with van der Waals surface area (Å²) in [7, 11) is 0. The van der Waals surface area contributed by atoms with Gasteiger partial charge in [0.1, 0.15) is 11.6 Å². The molecule has 6 heteroatoms. The van der Waals surface area contributed by atoms with Gasteiger partial charge in [-0.2, -0.15) is 5.26 Å². The standard InChI is InChI=1S/C25H28N4O.ClH/c1-19-7-5-11-23(20(19)2)28-15-13-27(14-16-28)18-22(17-26)25(30)29-12-6-9-21-8-3-4-10-24(21)29;/h3-5,7-8,10-11,18H,6,9,12-16H2,1-2H3;1H/b22-18-;. The van der Waals surface area contributed by atoms with Gasteiger partial charge in [-0.3, -0.25) is 4.79 Å². The number of amides is 1. The normalized spacial score (nSPS) is 16.3. The van der Waals surface area contributed by atoms with Crippen molar-refractivity contribution in [3.8, 4) is 6.07 Å². The van der Waals surface area contributed by atoms with Crippen molar-refractivity contribution in [2.75, 3.05) is 42.5 Å². The van der Waals surface area contributed by atoms with Crippen LogP contribution in [-0.2, 0) is 11.2 Å². The summed E-state index contributed by atoms with van der Waals surface area (Å²) in [5.41, 5.74) is 6.23. The molecule has 2 aromatic carbocycles. The van der Waals surface area contributed by atoms with E-state index in [4.69, 9.17) is 0 Å². The van der Waals surface area contributed by atoms with Crippen LogP contribution in [0.3, 0.4) is 0 Å². The third-order valence-corrected chi connectivity index (χ3v) is 6.25. The lowest BCUT2D eigenvalue weighted by atomic mass is 10.0. The van der Waals surface area contributed by atoms with E-state index in [9.17, 15) is 10.1 Å². The zero-order valence-electron chi connectivity index (χ0n) is 18.2. The third kappa shape index (κ3) is 4.70. The molecule has 0 N–H and O–H groups in total. The second-order valence-electron chi connectivity index (χ2n) is 8.09. The van der Waals surface area contributed by atoms with Gasteiger partial charge in [0.2, 0.25) is 0 Å². The molecule has 2 aromatic rings. The minimum Gasteiger partial charge on any atom is -0.373 e. The summed E-state index contributed by atoms with van der Waals surface area (Å²) in [6.07, 6.45) is 3.67. The SMILES string of the molecule is Cc1cccc(N2CCN(/C=C(/C#N)C(=O)N3CCCc4ccccc43)CC2)c1C.Cl. The quantitative estimate of drug-likeness (QED) is 0.533. The molecule has 0 aliphatic carbocycles. The molecule has 1 saturated heterocycles. The topological polar surface area (TPSA) is 50.6 Å². The number of nitrogens with zero attached hydrogens (tertiary/aromatic N) is 4. The number of carbonyl (C=O) groups excluding carboxylic acids is 1. The molecular formula is C25H29ClN4O. The molecule has 162 valence electrons. The number of hydrogen-bond donors (Lipinski definition) is 0. The third-order valence-electron chi connectivity index (χ3n) is 6.25. The molecule has 1 fully saturated rings. The molecule has 2 aliphatic heterocycles. The van der Waals surface area contributed by atoms with Crippen molar-refractivity contribution < 1.29 is 4.79 Å². The number of halogens is 1. The maximum Gasteiger partial charge on any atom is 0.270 e. The van der Waals surface area contributed by atoms with Crippen molar-refractivity contribution in [2.45, 2.75) is 26.7 Å². The molecule has 0 saturated carbocycles. The molecule has 0 unspecified atom stereocenters. The highest BCUT2D eigenvalue weighted by atomic mass is 35.5. The first-order chi connectivity index (χ1) is 14.6. The van der Waals surface area contributed by atoms with Crippen LogP contribution < -0.4 is 9.80 Å². The van der Waals surface area contributed by atoms with Gasteiger partial charge in [-0.05, 0) is 55.5 Å². The number of anilines is 2.